The zero-order chi connectivity index (χ0) is 33.5. The van der Waals surface area contributed by atoms with E-state index >= 15 is 0 Å². The Morgan fingerprint density at radius 2 is 1.67 bits per heavy atom. The van der Waals surface area contributed by atoms with Crippen LogP contribution in [0, 0.1) is 6.92 Å². The van der Waals surface area contributed by atoms with Crippen molar-refractivity contribution in [3.63, 3.8) is 0 Å². The first-order valence-electron chi connectivity index (χ1n) is 16.6. The summed E-state index contributed by atoms with van der Waals surface area (Å²) in [4.78, 5) is 31.3. The average Bonchev–Trinajstić information content (AvgIpc) is 3.48. The van der Waals surface area contributed by atoms with E-state index in [4.69, 9.17) is 14.6 Å². The SMILES string of the molecule is Cc1ccc(NC(=O)c2cncc(C(C)(C)C)c2)cc1Nc1cc(CN2CCOCC2)nn1-c1cc(NCCN2CCOCC2)ncn1. The lowest BCUT2D eigenvalue weighted by Gasteiger charge is -2.26. The third-order valence-electron chi connectivity index (χ3n) is 8.58. The number of hydrogen-bond acceptors (Lipinski definition) is 11. The Hall–Kier alpha value is -4.43. The molecule has 5 heterocycles. The van der Waals surface area contributed by atoms with Crippen LogP contribution in [0.1, 0.15) is 48.0 Å². The number of aryl methyl sites for hydroxylation is 1. The van der Waals surface area contributed by atoms with Gasteiger partial charge in [-0.2, -0.15) is 9.78 Å². The van der Waals surface area contributed by atoms with Gasteiger partial charge in [-0.25, -0.2) is 9.97 Å². The monoisotopic (exact) mass is 654 g/mol. The van der Waals surface area contributed by atoms with Gasteiger partial charge >= 0.3 is 0 Å². The van der Waals surface area contributed by atoms with Crippen molar-refractivity contribution in [2.75, 3.05) is 81.6 Å². The van der Waals surface area contributed by atoms with Crippen LogP contribution in [0.3, 0.4) is 0 Å². The molecule has 0 aliphatic carbocycles. The number of aromatic nitrogens is 5. The Morgan fingerprint density at radius 1 is 0.917 bits per heavy atom. The summed E-state index contributed by atoms with van der Waals surface area (Å²) in [5, 5.41) is 15.1. The number of morpholine rings is 2. The van der Waals surface area contributed by atoms with E-state index in [1.807, 2.05) is 48.1 Å². The number of amides is 1. The quantitative estimate of drug-likeness (QED) is 0.215. The normalized spacial score (nSPS) is 16.1. The first-order chi connectivity index (χ1) is 23.2. The Labute approximate surface area is 282 Å². The van der Waals surface area contributed by atoms with Gasteiger partial charge in [0, 0.05) is 81.7 Å². The van der Waals surface area contributed by atoms with Gasteiger partial charge in [0.05, 0.1) is 37.7 Å². The summed E-state index contributed by atoms with van der Waals surface area (Å²) >= 11 is 0. The van der Waals surface area contributed by atoms with Crippen molar-refractivity contribution in [2.45, 2.75) is 39.7 Å². The second kappa shape index (κ2) is 15.2. The number of nitrogens with zero attached hydrogens (tertiary/aromatic N) is 7. The van der Waals surface area contributed by atoms with Gasteiger partial charge in [0.2, 0.25) is 0 Å². The van der Waals surface area contributed by atoms with Gasteiger partial charge in [-0.1, -0.05) is 26.8 Å². The van der Waals surface area contributed by atoms with Crippen molar-refractivity contribution in [1.82, 2.24) is 34.5 Å². The summed E-state index contributed by atoms with van der Waals surface area (Å²) in [6.07, 6.45) is 4.97. The topological polar surface area (TPSA) is 135 Å². The third kappa shape index (κ3) is 8.72. The van der Waals surface area contributed by atoms with Crippen molar-refractivity contribution >= 4 is 28.9 Å². The molecule has 0 spiro atoms. The molecule has 6 rings (SSSR count). The predicted octanol–water partition coefficient (Wildman–Crippen LogP) is 4.24. The lowest BCUT2D eigenvalue weighted by atomic mass is 9.87. The van der Waals surface area contributed by atoms with Crippen molar-refractivity contribution in [3.8, 4) is 5.82 Å². The molecule has 1 aromatic carbocycles. The third-order valence-corrected chi connectivity index (χ3v) is 8.58. The standard InChI is InChI=1S/C35H46N10O3/c1-25-5-6-28(40-34(46)26-17-27(22-36-21-26)35(2,3)4)18-30(25)41-33-19-29(23-44-11-15-48-16-12-44)42-45(33)32-20-31(38-24-39-32)37-7-8-43-9-13-47-14-10-43/h5-6,17-22,24,41H,7-16,23H2,1-4H3,(H,40,46)(H,37,38,39). The molecule has 3 N–H and O–H groups in total. The highest BCUT2D eigenvalue weighted by molar-refractivity contribution is 6.04. The van der Waals surface area contributed by atoms with Crippen molar-refractivity contribution < 1.29 is 14.3 Å². The minimum absolute atomic E-state index is 0.114. The molecule has 0 bridgehead atoms. The molecule has 48 heavy (non-hydrogen) atoms. The van der Waals surface area contributed by atoms with E-state index in [2.05, 4.69) is 67.5 Å². The van der Waals surface area contributed by atoms with Gasteiger partial charge in [0.25, 0.3) is 5.91 Å². The van der Waals surface area contributed by atoms with E-state index in [0.717, 1.165) is 86.6 Å². The van der Waals surface area contributed by atoms with E-state index in [-0.39, 0.29) is 11.3 Å². The predicted molar refractivity (Wildman–Crippen MR) is 186 cm³/mol. The molecular formula is C35H46N10O3. The zero-order valence-corrected chi connectivity index (χ0v) is 28.3. The first kappa shape index (κ1) is 33.5. The molecule has 13 heteroatoms. The number of pyridine rings is 1. The maximum atomic E-state index is 13.2. The molecule has 2 saturated heterocycles. The van der Waals surface area contributed by atoms with Crippen LogP contribution in [-0.4, -0.2) is 106 Å². The van der Waals surface area contributed by atoms with Gasteiger partial charge < -0.3 is 25.4 Å². The molecule has 2 fully saturated rings. The highest BCUT2D eigenvalue weighted by atomic mass is 16.5. The average molecular weight is 655 g/mol. The van der Waals surface area contributed by atoms with Crippen molar-refractivity contribution in [3.05, 3.63) is 77.5 Å². The van der Waals surface area contributed by atoms with Crippen LogP contribution in [0.2, 0.25) is 0 Å². The molecule has 4 aromatic rings. The van der Waals surface area contributed by atoms with E-state index < -0.39 is 0 Å². The Morgan fingerprint density at radius 3 is 2.42 bits per heavy atom. The van der Waals surface area contributed by atoms with E-state index in [0.29, 0.717) is 36.8 Å². The molecule has 13 nitrogen and oxygen atoms in total. The van der Waals surface area contributed by atoms with E-state index in [9.17, 15) is 4.79 Å². The number of anilines is 4. The summed E-state index contributed by atoms with van der Waals surface area (Å²) in [5.74, 6) is 1.92. The molecule has 3 aromatic heterocycles. The maximum absolute atomic E-state index is 13.2. The van der Waals surface area contributed by atoms with Crippen LogP contribution in [0.15, 0.2) is 55.1 Å². The lowest BCUT2D eigenvalue weighted by molar-refractivity contribution is 0.0336. The number of carbonyl (C=O) groups excluding carboxylic acids is 1. The molecule has 1 amide bonds. The minimum Gasteiger partial charge on any atom is -0.379 e. The van der Waals surface area contributed by atoms with Crippen LogP contribution in [-0.2, 0) is 21.4 Å². The summed E-state index contributed by atoms with van der Waals surface area (Å²) < 4.78 is 12.8. The molecule has 0 atom stereocenters. The number of rotatable bonds is 11. The number of ether oxygens (including phenoxy) is 2. The molecule has 2 aliphatic rings. The second-order valence-electron chi connectivity index (χ2n) is 13.3. The number of nitrogens with one attached hydrogen (secondary N) is 3. The number of benzene rings is 1. The Kier molecular flexibility index (Phi) is 10.6. The molecule has 254 valence electrons. The fourth-order valence-electron chi connectivity index (χ4n) is 5.64. The van der Waals surface area contributed by atoms with Gasteiger partial charge in [-0.15, -0.1) is 0 Å². The van der Waals surface area contributed by atoms with Crippen LogP contribution < -0.4 is 16.0 Å². The summed E-state index contributed by atoms with van der Waals surface area (Å²) in [7, 11) is 0. The van der Waals surface area contributed by atoms with Crippen LogP contribution in [0.4, 0.5) is 23.0 Å². The van der Waals surface area contributed by atoms with E-state index in [1.165, 1.54) is 0 Å². The molecular weight excluding hydrogens is 608 g/mol. The van der Waals surface area contributed by atoms with Gasteiger partial charge in [0.1, 0.15) is 18.0 Å². The smallest absolute Gasteiger partial charge is 0.257 e. The number of hydrogen-bond donors (Lipinski definition) is 3. The number of carbonyl (C=O) groups is 1. The van der Waals surface area contributed by atoms with Crippen molar-refractivity contribution in [1.29, 1.82) is 0 Å². The van der Waals surface area contributed by atoms with Crippen molar-refractivity contribution in [2.24, 2.45) is 0 Å². The Bertz CT molecular complexity index is 1690. The Balaban J connectivity index is 1.22. The maximum Gasteiger partial charge on any atom is 0.257 e. The van der Waals surface area contributed by atoms with Crippen LogP contribution in [0.25, 0.3) is 5.82 Å². The summed E-state index contributed by atoms with van der Waals surface area (Å²) in [6, 6.07) is 11.7. The summed E-state index contributed by atoms with van der Waals surface area (Å²) in [6.45, 7) is 17.3. The fraction of sp³-hybridized carbons (Fsp3) is 0.457. The largest absolute Gasteiger partial charge is 0.379 e. The summed E-state index contributed by atoms with van der Waals surface area (Å²) in [5.41, 5.74) is 4.84. The van der Waals surface area contributed by atoms with Gasteiger partial charge in [-0.3, -0.25) is 19.6 Å². The zero-order valence-electron chi connectivity index (χ0n) is 28.3. The molecule has 0 radical (unpaired) electrons. The van der Waals surface area contributed by atoms with Gasteiger partial charge in [0.15, 0.2) is 5.82 Å². The lowest BCUT2D eigenvalue weighted by Crippen LogP contribution is -2.39. The minimum atomic E-state index is -0.212. The molecule has 0 unspecified atom stereocenters. The van der Waals surface area contributed by atoms with Crippen LogP contribution >= 0.6 is 0 Å². The van der Waals surface area contributed by atoms with Gasteiger partial charge in [-0.05, 0) is 41.7 Å². The highest BCUT2D eigenvalue weighted by Crippen LogP contribution is 2.28. The van der Waals surface area contributed by atoms with E-state index in [1.54, 1.807) is 12.5 Å². The van der Waals surface area contributed by atoms with Crippen LogP contribution in [0.5, 0.6) is 0 Å². The molecule has 2 aliphatic heterocycles. The fourth-order valence-corrected chi connectivity index (χ4v) is 5.64. The first-order valence-corrected chi connectivity index (χ1v) is 16.6. The second-order valence-corrected chi connectivity index (χ2v) is 13.3. The highest BCUT2D eigenvalue weighted by Gasteiger charge is 2.19. The molecule has 0 saturated carbocycles.